The van der Waals surface area contributed by atoms with Crippen LogP contribution in [0.1, 0.15) is 5.56 Å². The minimum absolute atomic E-state index is 0.143. The summed E-state index contributed by atoms with van der Waals surface area (Å²) in [4.78, 5) is 24.7. The summed E-state index contributed by atoms with van der Waals surface area (Å²) in [7, 11) is 2.56. The van der Waals surface area contributed by atoms with E-state index < -0.39 is 17.5 Å². The van der Waals surface area contributed by atoms with E-state index in [-0.39, 0.29) is 28.3 Å². The number of carbonyl (C=O) groups is 1. The van der Waals surface area contributed by atoms with Gasteiger partial charge in [0.2, 0.25) is 5.91 Å². The molecule has 2 N–H and O–H groups in total. The third-order valence-electron chi connectivity index (χ3n) is 5.90. The molecule has 0 radical (unpaired) electrons. The zero-order chi connectivity index (χ0) is 27.0. The van der Waals surface area contributed by atoms with E-state index in [0.717, 1.165) is 17.7 Å². The molecule has 0 saturated heterocycles. The largest absolute Gasteiger partial charge is 0.494 e. The third-order valence-corrected chi connectivity index (χ3v) is 5.90. The molecule has 1 aromatic carbocycles. The predicted octanol–water partition coefficient (Wildman–Crippen LogP) is 4.81. The monoisotopic (exact) mass is 517 g/mol. The second-order valence-electron chi connectivity index (χ2n) is 8.16. The van der Waals surface area contributed by atoms with Crippen molar-refractivity contribution in [2.24, 2.45) is 0 Å². The summed E-state index contributed by atoms with van der Waals surface area (Å²) in [5.41, 5.74) is 2.34. The first-order valence-electron chi connectivity index (χ1n) is 11.2. The smallest absolute Gasteiger partial charge is 0.247 e. The van der Waals surface area contributed by atoms with E-state index in [1.54, 1.807) is 18.3 Å². The summed E-state index contributed by atoms with van der Waals surface area (Å²) in [5, 5.41) is 10.7. The molecule has 0 spiro atoms. The highest BCUT2D eigenvalue weighted by Crippen LogP contribution is 2.40. The van der Waals surface area contributed by atoms with E-state index in [0.29, 0.717) is 28.1 Å². The molecule has 0 aliphatic carbocycles. The van der Waals surface area contributed by atoms with E-state index in [4.69, 9.17) is 9.47 Å². The molecule has 1 amide bonds. The molecule has 5 rings (SSSR count). The standard InChI is InChI=1S/C26H21F2N7O3/c1-5-21(36)33-16-11-29-9-13(2)25(16)34-20-7-17-14(10-30-20)6-15(26-31-12-32-35(17)26)22-23(27)18(37-3)8-19(38-4)24(22)28/h5-12H,1H2,2-4H3,(H,33,36)(H,29,30,34). The number of rotatable bonds is 7. The van der Waals surface area contributed by atoms with Gasteiger partial charge in [-0.05, 0) is 24.6 Å². The molecular weight excluding hydrogens is 496 g/mol. The Balaban J connectivity index is 1.66. The SMILES string of the molecule is C=CC(=O)Nc1cncc(C)c1Nc1cc2c(cn1)cc(-c1c(F)c(OC)cc(OC)c1F)c1ncnn12. The topological polar surface area (TPSA) is 116 Å². The number of nitrogens with one attached hydrogen (secondary N) is 2. The number of anilines is 3. The maximum absolute atomic E-state index is 15.3. The highest BCUT2D eigenvalue weighted by Gasteiger charge is 2.25. The number of nitrogens with zero attached hydrogens (tertiary/aromatic N) is 5. The summed E-state index contributed by atoms with van der Waals surface area (Å²) in [6.07, 6.45) is 7.12. The number of methoxy groups -OCH3 is 2. The number of aryl methyl sites for hydroxylation is 1. The lowest BCUT2D eigenvalue weighted by Crippen LogP contribution is -2.10. The van der Waals surface area contributed by atoms with Crippen molar-refractivity contribution in [2.45, 2.75) is 6.92 Å². The lowest BCUT2D eigenvalue weighted by Gasteiger charge is -2.16. The third kappa shape index (κ3) is 4.11. The highest BCUT2D eigenvalue weighted by atomic mass is 19.1. The van der Waals surface area contributed by atoms with Gasteiger partial charge in [0.1, 0.15) is 12.1 Å². The number of benzene rings is 1. The molecule has 0 aliphatic rings. The number of ether oxygens (including phenoxy) is 2. The lowest BCUT2D eigenvalue weighted by molar-refractivity contribution is -0.111. The van der Waals surface area contributed by atoms with Crippen LogP contribution in [0.5, 0.6) is 11.5 Å². The summed E-state index contributed by atoms with van der Waals surface area (Å²) >= 11 is 0. The van der Waals surface area contributed by atoms with Gasteiger partial charge in [-0.2, -0.15) is 5.10 Å². The van der Waals surface area contributed by atoms with Crippen molar-refractivity contribution in [3.63, 3.8) is 0 Å². The number of fused-ring (bicyclic) bond motifs is 3. The van der Waals surface area contributed by atoms with Gasteiger partial charge >= 0.3 is 0 Å². The van der Waals surface area contributed by atoms with Crippen molar-refractivity contribution < 1.29 is 23.0 Å². The Kier molecular flexibility index (Phi) is 6.29. The zero-order valence-corrected chi connectivity index (χ0v) is 20.5. The molecule has 12 heteroatoms. The van der Waals surface area contributed by atoms with Gasteiger partial charge in [-0.1, -0.05) is 6.58 Å². The van der Waals surface area contributed by atoms with Crippen LogP contribution in [0.15, 0.2) is 55.8 Å². The van der Waals surface area contributed by atoms with Crippen LogP contribution < -0.4 is 20.1 Å². The molecule has 0 bridgehead atoms. The van der Waals surface area contributed by atoms with Crippen LogP contribution in [-0.2, 0) is 4.79 Å². The van der Waals surface area contributed by atoms with Crippen LogP contribution in [0.25, 0.3) is 27.7 Å². The number of hydrogen-bond donors (Lipinski definition) is 2. The molecule has 5 aromatic rings. The van der Waals surface area contributed by atoms with Crippen LogP contribution >= 0.6 is 0 Å². The van der Waals surface area contributed by atoms with Crippen LogP contribution in [0.2, 0.25) is 0 Å². The Hall–Kier alpha value is -5.13. The van der Waals surface area contributed by atoms with Crippen LogP contribution in [0.3, 0.4) is 0 Å². The summed E-state index contributed by atoms with van der Waals surface area (Å²) < 4.78 is 42.3. The van der Waals surface area contributed by atoms with Crippen molar-refractivity contribution in [3.8, 4) is 22.6 Å². The number of pyridine rings is 3. The van der Waals surface area contributed by atoms with Gasteiger partial charge in [0, 0.05) is 35.5 Å². The van der Waals surface area contributed by atoms with Crippen molar-refractivity contribution in [1.29, 1.82) is 0 Å². The second kappa shape index (κ2) is 9.73. The molecule has 10 nitrogen and oxygen atoms in total. The van der Waals surface area contributed by atoms with E-state index in [2.05, 4.69) is 37.3 Å². The van der Waals surface area contributed by atoms with E-state index in [1.165, 1.54) is 37.5 Å². The predicted molar refractivity (Wildman–Crippen MR) is 138 cm³/mol. The minimum atomic E-state index is -0.899. The molecule has 0 saturated carbocycles. The first-order chi connectivity index (χ1) is 18.4. The zero-order valence-electron chi connectivity index (χ0n) is 20.5. The first kappa shape index (κ1) is 24.6. The Morgan fingerprint density at radius 1 is 1.05 bits per heavy atom. The number of halogens is 2. The van der Waals surface area contributed by atoms with Crippen molar-refractivity contribution in [3.05, 3.63) is 73.0 Å². The average Bonchev–Trinajstić information content (AvgIpc) is 3.41. The fraction of sp³-hybridized carbons (Fsp3) is 0.115. The van der Waals surface area contributed by atoms with Crippen molar-refractivity contribution in [2.75, 3.05) is 24.9 Å². The first-order valence-corrected chi connectivity index (χ1v) is 11.2. The second-order valence-corrected chi connectivity index (χ2v) is 8.16. The number of aromatic nitrogens is 5. The lowest BCUT2D eigenvalue weighted by atomic mass is 10.0. The van der Waals surface area contributed by atoms with E-state index in [9.17, 15) is 4.79 Å². The minimum Gasteiger partial charge on any atom is -0.494 e. The quantitative estimate of drug-likeness (QED) is 0.296. The Bertz CT molecular complexity index is 1710. The fourth-order valence-corrected chi connectivity index (χ4v) is 4.08. The molecule has 0 aliphatic heterocycles. The van der Waals surface area contributed by atoms with Crippen LogP contribution in [-0.4, -0.2) is 44.7 Å². The van der Waals surface area contributed by atoms with Gasteiger partial charge in [-0.25, -0.2) is 23.3 Å². The Morgan fingerprint density at radius 2 is 1.79 bits per heavy atom. The molecule has 38 heavy (non-hydrogen) atoms. The van der Waals surface area contributed by atoms with Gasteiger partial charge in [0.05, 0.1) is 42.9 Å². The highest BCUT2D eigenvalue weighted by molar-refractivity contribution is 6.01. The molecule has 4 heterocycles. The molecule has 0 fully saturated rings. The maximum atomic E-state index is 15.3. The molecule has 4 aromatic heterocycles. The average molecular weight is 517 g/mol. The normalized spacial score (nSPS) is 11.0. The van der Waals surface area contributed by atoms with Crippen molar-refractivity contribution in [1.82, 2.24) is 24.6 Å². The molecular formula is C26H21F2N7O3. The summed E-state index contributed by atoms with van der Waals surface area (Å²) in [6.45, 7) is 5.29. The van der Waals surface area contributed by atoms with Gasteiger partial charge in [0.25, 0.3) is 0 Å². The van der Waals surface area contributed by atoms with Gasteiger partial charge in [-0.3, -0.25) is 9.78 Å². The Labute approximate surface area is 215 Å². The molecule has 0 atom stereocenters. The summed E-state index contributed by atoms with van der Waals surface area (Å²) in [6, 6.07) is 4.42. The van der Waals surface area contributed by atoms with E-state index >= 15 is 8.78 Å². The van der Waals surface area contributed by atoms with Crippen LogP contribution in [0, 0.1) is 18.6 Å². The Morgan fingerprint density at radius 3 is 2.47 bits per heavy atom. The van der Waals surface area contributed by atoms with Crippen molar-refractivity contribution >= 4 is 39.6 Å². The molecule has 0 unspecified atom stereocenters. The molecule has 192 valence electrons. The fourth-order valence-electron chi connectivity index (χ4n) is 4.08. The summed E-state index contributed by atoms with van der Waals surface area (Å²) in [5.74, 6) is -2.13. The van der Waals surface area contributed by atoms with E-state index in [1.807, 2.05) is 6.92 Å². The van der Waals surface area contributed by atoms with Gasteiger partial charge in [-0.15, -0.1) is 0 Å². The maximum Gasteiger partial charge on any atom is 0.247 e. The number of amides is 1. The number of hydrogen-bond acceptors (Lipinski definition) is 8. The van der Waals surface area contributed by atoms with Gasteiger partial charge in [0.15, 0.2) is 28.8 Å². The van der Waals surface area contributed by atoms with Gasteiger partial charge < -0.3 is 20.1 Å². The van der Waals surface area contributed by atoms with Crippen LogP contribution in [0.4, 0.5) is 26.0 Å². The number of carbonyl (C=O) groups excluding carboxylic acids is 1.